The molecule has 0 aromatic heterocycles. The highest BCUT2D eigenvalue weighted by Gasteiger charge is 1.80. The molecule has 0 saturated heterocycles. The fourth-order valence-corrected chi connectivity index (χ4v) is 0.157. The van der Waals surface area contributed by atoms with Gasteiger partial charge in [-0.15, -0.1) is 0 Å². The van der Waals surface area contributed by atoms with Gasteiger partial charge in [0.15, 0.2) is 0 Å². The van der Waals surface area contributed by atoms with Crippen LogP contribution < -0.4 is 5.32 Å². The molecule has 0 unspecified atom stereocenters. The van der Waals surface area contributed by atoms with Crippen LogP contribution in [0, 0.1) is 0 Å². The number of halogens is 1. The molecule has 0 heterocycles. The summed E-state index contributed by atoms with van der Waals surface area (Å²) >= 11 is 4.76. The van der Waals surface area contributed by atoms with E-state index in [0.29, 0.717) is 0 Å². The van der Waals surface area contributed by atoms with Gasteiger partial charge in [0.2, 0.25) is 0 Å². The number of nitrogens with one attached hydrogen (secondary N) is 1. The van der Waals surface area contributed by atoms with Crippen LogP contribution in [0.3, 0.4) is 0 Å². The second-order valence-corrected chi connectivity index (χ2v) is 0.965. The Balaban J connectivity index is 3.05. The Morgan fingerprint density at radius 1 is 2.00 bits per heavy atom. The minimum absolute atomic E-state index is 0.606. The minimum atomic E-state index is -0.606. The largest absolute Gasteiger partial charge is 0.320 e. The monoisotopic (exact) mass is 105 g/mol. The van der Waals surface area contributed by atoms with Crippen LogP contribution in [0.5, 0.6) is 0 Å². The first-order valence-electron chi connectivity index (χ1n) is 1.34. The Morgan fingerprint density at radius 2 is 2.50 bits per heavy atom. The molecule has 34 valence electrons. The molecule has 0 aromatic carbocycles. The topological polar surface area (TPSA) is 29.1 Å². The highest BCUT2D eigenvalue weighted by molar-refractivity contribution is 6.63. The Hall–Kier alpha value is -0.500. The zero-order valence-corrected chi connectivity index (χ0v) is 3.83. The van der Waals surface area contributed by atoms with Crippen molar-refractivity contribution in [3.05, 3.63) is 12.8 Å². The van der Waals surface area contributed by atoms with Crippen molar-refractivity contribution in [2.24, 2.45) is 0 Å². The fourth-order valence-electron chi connectivity index (χ4n) is 0.0802. The molecule has 0 aliphatic carbocycles. The van der Waals surface area contributed by atoms with Crippen LogP contribution in [0.15, 0.2) is 12.8 Å². The van der Waals surface area contributed by atoms with Gasteiger partial charge in [-0.2, -0.15) is 0 Å². The minimum Gasteiger partial charge on any atom is -0.320 e. The average Bonchev–Trinajstić information content (AvgIpc) is 1.35. The van der Waals surface area contributed by atoms with Gasteiger partial charge < -0.3 is 5.32 Å². The van der Waals surface area contributed by atoms with Gasteiger partial charge in [-0.1, -0.05) is 6.58 Å². The molecule has 0 atom stereocenters. The van der Waals surface area contributed by atoms with Gasteiger partial charge in [0.05, 0.1) is 0 Å². The first-order valence-corrected chi connectivity index (χ1v) is 1.72. The van der Waals surface area contributed by atoms with Gasteiger partial charge in [-0.05, 0) is 17.8 Å². The van der Waals surface area contributed by atoms with Crippen LogP contribution in [-0.4, -0.2) is 5.37 Å². The summed E-state index contributed by atoms with van der Waals surface area (Å²) in [6.45, 7) is 3.18. The molecule has 1 amide bonds. The van der Waals surface area contributed by atoms with E-state index in [4.69, 9.17) is 11.6 Å². The average molecular weight is 106 g/mol. The SMILES string of the molecule is C=CNC(=O)Cl. The molecule has 0 radical (unpaired) electrons. The number of hydrogen-bond donors (Lipinski definition) is 1. The molecule has 0 fully saturated rings. The second kappa shape index (κ2) is 2.72. The molecule has 0 bridgehead atoms. The van der Waals surface area contributed by atoms with Crippen molar-refractivity contribution < 1.29 is 4.79 Å². The third-order valence-corrected chi connectivity index (χ3v) is 0.325. The van der Waals surface area contributed by atoms with Gasteiger partial charge in [0.25, 0.3) is 0 Å². The van der Waals surface area contributed by atoms with E-state index in [1.54, 1.807) is 0 Å². The number of amides is 1. The van der Waals surface area contributed by atoms with E-state index in [1.807, 2.05) is 0 Å². The van der Waals surface area contributed by atoms with Crippen LogP contribution in [0.4, 0.5) is 4.79 Å². The number of hydrogen-bond acceptors (Lipinski definition) is 1. The summed E-state index contributed by atoms with van der Waals surface area (Å²) in [4.78, 5) is 9.63. The molecular formula is C3H4ClNO. The molecule has 0 aliphatic rings. The lowest BCUT2D eigenvalue weighted by molar-refractivity contribution is 0.262. The standard InChI is InChI=1S/C3H4ClNO/c1-2-5-3(4)6/h2H,1H2,(H,5,6). The van der Waals surface area contributed by atoms with E-state index in [-0.39, 0.29) is 0 Å². The van der Waals surface area contributed by atoms with E-state index < -0.39 is 5.37 Å². The van der Waals surface area contributed by atoms with Gasteiger partial charge in [-0.25, -0.2) is 0 Å². The maximum atomic E-state index is 9.63. The van der Waals surface area contributed by atoms with Crippen molar-refractivity contribution in [1.29, 1.82) is 0 Å². The zero-order valence-electron chi connectivity index (χ0n) is 3.07. The highest BCUT2D eigenvalue weighted by Crippen LogP contribution is 1.72. The van der Waals surface area contributed by atoms with Crippen LogP contribution in [-0.2, 0) is 0 Å². The Kier molecular flexibility index (Phi) is 2.50. The molecule has 1 N–H and O–H groups in total. The quantitative estimate of drug-likeness (QED) is 0.392. The molecule has 0 saturated carbocycles. The van der Waals surface area contributed by atoms with Crippen molar-refractivity contribution in [3.63, 3.8) is 0 Å². The summed E-state index contributed by atoms with van der Waals surface area (Å²) in [5.74, 6) is 0. The smallest absolute Gasteiger partial charge is 0.317 e. The first-order chi connectivity index (χ1) is 2.77. The van der Waals surface area contributed by atoms with Gasteiger partial charge in [-0.3, -0.25) is 4.79 Å². The van der Waals surface area contributed by atoms with Crippen molar-refractivity contribution in [2.45, 2.75) is 0 Å². The van der Waals surface area contributed by atoms with Crippen LogP contribution in [0.1, 0.15) is 0 Å². The lowest BCUT2D eigenvalue weighted by atomic mass is 11.0. The normalized spacial score (nSPS) is 6.83. The maximum Gasteiger partial charge on any atom is 0.317 e. The number of carbonyl (C=O) groups is 1. The molecule has 0 rings (SSSR count). The molecular weight excluding hydrogens is 101 g/mol. The van der Waals surface area contributed by atoms with Crippen molar-refractivity contribution in [1.82, 2.24) is 5.32 Å². The number of carbonyl (C=O) groups excluding carboxylic acids is 1. The summed E-state index contributed by atoms with van der Waals surface area (Å²) in [5, 5.41) is 1.49. The fraction of sp³-hybridized carbons (Fsp3) is 0. The van der Waals surface area contributed by atoms with E-state index in [9.17, 15) is 4.79 Å². The summed E-state index contributed by atoms with van der Waals surface area (Å²) in [6.07, 6.45) is 1.22. The lowest BCUT2D eigenvalue weighted by Gasteiger charge is -1.80. The van der Waals surface area contributed by atoms with E-state index in [1.165, 1.54) is 6.20 Å². The lowest BCUT2D eigenvalue weighted by Crippen LogP contribution is -2.05. The van der Waals surface area contributed by atoms with E-state index in [0.717, 1.165) is 0 Å². The molecule has 6 heavy (non-hydrogen) atoms. The first kappa shape index (κ1) is 5.50. The third-order valence-electron chi connectivity index (χ3n) is 0.216. The van der Waals surface area contributed by atoms with Crippen LogP contribution in [0.25, 0.3) is 0 Å². The summed E-state index contributed by atoms with van der Waals surface area (Å²) in [7, 11) is 0. The predicted octanol–water partition coefficient (Wildman–Crippen LogP) is 1.08. The Bertz CT molecular complexity index is 71.2. The Labute approximate surface area is 40.8 Å². The van der Waals surface area contributed by atoms with Gasteiger partial charge >= 0.3 is 5.37 Å². The molecule has 0 spiro atoms. The second-order valence-electron chi connectivity index (χ2n) is 0.622. The summed E-state index contributed by atoms with van der Waals surface area (Å²) in [6, 6.07) is 0. The van der Waals surface area contributed by atoms with Gasteiger partial charge in [0, 0.05) is 0 Å². The van der Waals surface area contributed by atoms with Crippen LogP contribution >= 0.6 is 11.6 Å². The Morgan fingerprint density at radius 3 is 2.50 bits per heavy atom. The summed E-state index contributed by atoms with van der Waals surface area (Å²) in [5.41, 5.74) is 0. The zero-order chi connectivity index (χ0) is 4.99. The van der Waals surface area contributed by atoms with Crippen LogP contribution in [0.2, 0.25) is 0 Å². The van der Waals surface area contributed by atoms with Crippen molar-refractivity contribution in [3.8, 4) is 0 Å². The number of rotatable bonds is 1. The van der Waals surface area contributed by atoms with Gasteiger partial charge in [0.1, 0.15) is 0 Å². The predicted molar refractivity (Wildman–Crippen MR) is 24.6 cm³/mol. The molecule has 0 aliphatic heterocycles. The van der Waals surface area contributed by atoms with Crippen molar-refractivity contribution in [2.75, 3.05) is 0 Å². The molecule has 0 aromatic rings. The van der Waals surface area contributed by atoms with Crippen molar-refractivity contribution >= 4 is 17.0 Å². The van der Waals surface area contributed by atoms with E-state index >= 15 is 0 Å². The molecule has 2 nitrogen and oxygen atoms in total. The molecule has 3 heteroatoms. The maximum absolute atomic E-state index is 9.63. The highest BCUT2D eigenvalue weighted by atomic mass is 35.5. The summed E-state index contributed by atoms with van der Waals surface area (Å²) < 4.78 is 0. The third kappa shape index (κ3) is 3.50. The van der Waals surface area contributed by atoms with E-state index in [2.05, 4.69) is 11.9 Å².